The number of hydrogen-bond donors (Lipinski definition) is 1. The highest BCUT2D eigenvalue weighted by Crippen LogP contribution is 2.21. The zero-order valence-electron chi connectivity index (χ0n) is 11.2. The van der Waals surface area contributed by atoms with Crippen molar-refractivity contribution in [3.8, 4) is 0 Å². The molecular formula is C15H13BrO4S. The third-order valence-electron chi connectivity index (χ3n) is 3.04. The van der Waals surface area contributed by atoms with Gasteiger partial charge in [0.05, 0.1) is 16.2 Å². The Labute approximate surface area is 131 Å². The maximum Gasteiger partial charge on any atom is 0.335 e. The Hall–Kier alpha value is -1.66. The number of carbonyl (C=O) groups is 1. The molecule has 0 saturated heterocycles. The van der Waals surface area contributed by atoms with Gasteiger partial charge in [0.25, 0.3) is 0 Å². The quantitative estimate of drug-likeness (QED) is 0.896. The molecule has 0 heterocycles. The van der Waals surface area contributed by atoms with Gasteiger partial charge in [0.2, 0.25) is 0 Å². The summed E-state index contributed by atoms with van der Waals surface area (Å²) in [5.74, 6) is -1.30. The van der Waals surface area contributed by atoms with Crippen LogP contribution in [0.15, 0.2) is 51.8 Å². The van der Waals surface area contributed by atoms with E-state index in [4.69, 9.17) is 5.11 Å². The second-order valence-electron chi connectivity index (χ2n) is 4.67. The van der Waals surface area contributed by atoms with Crippen molar-refractivity contribution in [2.24, 2.45) is 0 Å². The SMILES string of the molecule is Cc1ccc(S(=O)(=O)Cc2cccc(Br)c2)cc1C(=O)O. The first kappa shape index (κ1) is 15.7. The van der Waals surface area contributed by atoms with Crippen molar-refractivity contribution in [2.75, 3.05) is 0 Å². The molecule has 2 aromatic rings. The van der Waals surface area contributed by atoms with Crippen LogP contribution < -0.4 is 0 Å². The van der Waals surface area contributed by atoms with Crippen molar-refractivity contribution in [1.82, 2.24) is 0 Å². The zero-order chi connectivity index (χ0) is 15.6. The minimum Gasteiger partial charge on any atom is -0.478 e. The highest BCUT2D eigenvalue weighted by atomic mass is 79.9. The first-order valence-corrected chi connectivity index (χ1v) is 8.55. The van der Waals surface area contributed by atoms with Crippen LogP contribution in [0, 0.1) is 6.92 Å². The molecular weight excluding hydrogens is 356 g/mol. The van der Waals surface area contributed by atoms with Crippen molar-refractivity contribution < 1.29 is 18.3 Å². The van der Waals surface area contributed by atoms with E-state index in [0.29, 0.717) is 11.1 Å². The lowest BCUT2D eigenvalue weighted by atomic mass is 10.1. The van der Waals surface area contributed by atoms with Crippen LogP contribution in [0.3, 0.4) is 0 Å². The van der Waals surface area contributed by atoms with Gasteiger partial charge < -0.3 is 5.11 Å². The molecule has 0 aliphatic rings. The number of aryl methyl sites for hydroxylation is 1. The predicted octanol–water partition coefficient (Wildman–Crippen LogP) is 3.43. The van der Waals surface area contributed by atoms with Crippen molar-refractivity contribution in [3.05, 3.63) is 63.6 Å². The van der Waals surface area contributed by atoms with Crippen LogP contribution in [0.5, 0.6) is 0 Å². The molecule has 0 radical (unpaired) electrons. The van der Waals surface area contributed by atoms with Crippen LogP contribution in [-0.4, -0.2) is 19.5 Å². The summed E-state index contributed by atoms with van der Waals surface area (Å²) in [7, 11) is -3.59. The summed E-state index contributed by atoms with van der Waals surface area (Å²) in [5.41, 5.74) is 1.18. The zero-order valence-corrected chi connectivity index (χ0v) is 13.6. The van der Waals surface area contributed by atoms with Crippen LogP contribution in [-0.2, 0) is 15.6 Å². The van der Waals surface area contributed by atoms with Crippen LogP contribution in [0.25, 0.3) is 0 Å². The summed E-state index contributed by atoms with van der Waals surface area (Å²) in [5, 5.41) is 9.08. The average Bonchev–Trinajstić information content (AvgIpc) is 2.38. The second kappa shape index (κ2) is 5.99. The summed E-state index contributed by atoms with van der Waals surface area (Å²) < 4.78 is 25.6. The summed E-state index contributed by atoms with van der Waals surface area (Å²) in [6, 6.07) is 11.2. The minimum absolute atomic E-state index is 0.00492. The van der Waals surface area contributed by atoms with E-state index < -0.39 is 15.8 Å². The molecule has 0 atom stereocenters. The largest absolute Gasteiger partial charge is 0.478 e. The first-order valence-electron chi connectivity index (χ1n) is 6.11. The molecule has 0 bridgehead atoms. The molecule has 0 aliphatic carbocycles. The normalized spacial score (nSPS) is 11.3. The molecule has 2 rings (SSSR count). The molecule has 0 fully saturated rings. The third-order valence-corrected chi connectivity index (χ3v) is 5.22. The monoisotopic (exact) mass is 368 g/mol. The Balaban J connectivity index is 2.40. The number of benzene rings is 2. The second-order valence-corrected chi connectivity index (χ2v) is 7.58. The maximum absolute atomic E-state index is 12.4. The van der Waals surface area contributed by atoms with Gasteiger partial charge in [-0.1, -0.05) is 34.1 Å². The molecule has 21 heavy (non-hydrogen) atoms. The molecule has 0 aliphatic heterocycles. The van der Waals surface area contributed by atoms with Crippen LogP contribution in [0.2, 0.25) is 0 Å². The molecule has 0 aromatic heterocycles. The smallest absolute Gasteiger partial charge is 0.335 e. The number of aromatic carboxylic acids is 1. The van der Waals surface area contributed by atoms with Crippen molar-refractivity contribution >= 4 is 31.7 Å². The van der Waals surface area contributed by atoms with E-state index in [0.717, 1.165) is 4.47 Å². The lowest BCUT2D eigenvalue weighted by Crippen LogP contribution is -2.08. The molecule has 0 spiro atoms. The van der Waals surface area contributed by atoms with Gasteiger partial charge in [0, 0.05) is 4.47 Å². The lowest BCUT2D eigenvalue weighted by molar-refractivity contribution is 0.0696. The first-order chi connectivity index (χ1) is 9.79. The fourth-order valence-corrected chi connectivity index (χ4v) is 3.76. The van der Waals surface area contributed by atoms with E-state index in [9.17, 15) is 13.2 Å². The molecule has 0 unspecified atom stereocenters. The summed E-state index contributed by atoms with van der Waals surface area (Å²) in [6.07, 6.45) is 0. The Bertz CT molecular complexity index is 797. The molecule has 1 N–H and O–H groups in total. The van der Waals surface area contributed by atoms with E-state index >= 15 is 0 Å². The van der Waals surface area contributed by atoms with Crippen molar-refractivity contribution in [3.63, 3.8) is 0 Å². The van der Waals surface area contributed by atoms with Crippen LogP contribution >= 0.6 is 15.9 Å². The molecule has 6 heteroatoms. The molecule has 110 valence electrons. The van der Waals surface area contributed by atoms with E-state index in [1.807, 2.05) is 6.07 Å². The average molecular weight is 369 g/mol. The number of carboxylic acids is 1. The third kappa shape index (κ3) is 3.71. The summed E-state index contributed by atoms with van der Waals surface area (Å²) in [4.78, 5) is 11.1. The fourth-order valence-electron chi connectivity index (χ4n) is 1.95. The standard InChI is InChI=1S/C15H13BrO4S/c1-10-5-6-13(8-14(10)15(17)18)21(19,20)9-11-3-2-4-12(16)7-11/h2-8H,9H2,1H3,(H,17,18). The highest BCUT2D eigenvalue weighted by molar-refractivity contribution is 9.10. The van der Waals surface area contributed by atoms with Crippen molar-refractivity contribution in [1.29, 1.82) is 0 Å². The molecule has 4 nitrogen and oxygen atoms in total. The van der Waals surface area contributed by atoms with Gasteiger partial charge in [-0.2, -0.15) is 0 Å². The van der Waals surface area contributed by atoms with Gasteiger partial charge in [-0.25, -0.2) is 13.2 Å². The molecule has 2 aromatic carbocycles. The van der Waals surface area contributed by atoms with Gasteiger partial charge in [-0.3, -0.25) is 0 Å². The number of rotatable bonds is 4. The number of hydrogen-bond acceptors (Lipinski definition) is 3. The number of halogens is 1. The van der Waals surface area contributed by atoms with E-state index in [1.54, 1.807) is 25.1 Å². The van der Waals surface area contributed by atoms with Crippen LogP contribution in [0.4, 0.5) is 0 Å². The predicted molar refractivity (Wildman–Crippen MR) is 83.2 cm³/mol. The van der Waals surface area contributed by atoms with Gasteiger partial charge >= 0.3 is 5.97 Å². The summed E-state index contributed by atoms with van der Waals surface area (Å²) in [6.45, 7) is 1.63. The highest BCUT2D eigenvalue weighted by Gasteiger charge is 2.18. The Morgan fingerprint density at radius 2 is 1.90 bits per heavy atom. The Morgan fingerprint density at radius 3 is 2.52 bits per heavy atom. The minimum atomic E-state index is -3.59. The lowest BCUT2D eigenvalue weighted by Gasteiger charge is -2.08. The topological polar surface area (TPSA) is 71.4 Å². The Morgan fingerprint density at radius 1 is 1.19 bits per heavy atom. The Kier molecular flexibility index (Phi) is 4.49. The van der Waals surface area contributed by atoms with Gasteiger partial charge in [-0.15, -0.1) is 0 Å². The number of carboxylic acid groups (broad SMARTS) is 1. The maximum atomic E-state index is 12.4. The summed E-state index contributed by atoms with van der Waals surface area (Å²) >= 11 is 3.29. The fraction of sp³-hybridized carbons (Fsp3) is 0.133. The van der Waals surface area contributed by atoms with E-state index in [1.165, 1.54) is 18.2 Å². The van der Waals surface area contributed by atoms with Gasteiger partial charge in [0.15, 0.2) is 9.84 Å². The van der Waals surface area contributed by atoms with Gasteiger partial charge in [-0.05, 0) is 42.3 Å². The molecule has 0 saturated carbocycles. The van der Waals surface area contributed by atoms with Gasteiger partial charge in [0.1, 0.15) is 0 Å². The number of sulfone groups is 1. The van der Waals surface area contributed by atoms with Crippen molar-refractivity contribution in [2.45, 2.75) is 17.6 Å². The molecule has 0 amide bonds. The van der Waals surface area contributed by atoms with E-state index in [-0.39, 0.29) is 16.2 Å². The van der Waals surface area contributed by atoms with Crippen LogP contribution in [0.1, 0.15) is 21.5 Å². The van der Waals surface area contributed by atoms with E-state index in [2.05, 4.69) is 15.9 Å².